The third-order valence-electron chi connectivity index (χ3n) is 3.44. The minimum absolute atomic E-state index is 0.103. The molecule has 17 heavy (non-hydrogen) atoms. The van der Waals surface area contributed by atoms with Crippen LogP contribution in [-0.4, -0.2) is 18.8 Å². The first-order chi connectivity index (χ1) is 7.91. The molecule has 1 fully saturated rings. The molecule has 0 radical (unpaired) electrons. The van der Waals surface area contributed by atoms with E-state index in [4.69, 9.17) is 10.5 Å². The molecule has 0 bridgehead atoms. The molecule has 1 aliphatic heterocycles. The Morgan fingerprint density at radius 3 is 2.59 bits per heavy atom. The average molecular weight is 298 g/mol. The van der Waals surface area contributed by atoms with E-state index in [0.29, 0.717) is 0 Å². The van der Waals surface area contributed by atoms with Crippen LogP contribution in [0.5, 0.6) is 0 Å². The third-order valence-corrected chi connectivity index (χ3v) is 3.93. The quantitative estimate of drug-likeness (QED) is 0.926. The first-order valence-electron chi connectivity index (χ1n) is 6.04. The lowest BCUT2D eigenvalue weighted by atomic mass is 9.73. The minimum Gasteiger partial charge on any atom is -0.379 e. The molecule has 0 aliphatic carbocycles. The summed E-state index contributed by atoms with van der Waals surface area (Å²) in [6.45, 7) is 5.81. The number of nitrogens with two attached hydrogens (primary N) is 1. The zero-order chi connectivity index (χ0) is 12.5. The number of hydrogen-bond acceptors (Lipinski definition) is 2. The standard InChI is InChI=1S/C14H20BrNO/c1-13(2,16)6-7-14(9-17-10-14)11-4-3-5-12(15)8-11/h3-5,8H,6-7,9-10,16H2,1-2H3. The normalized spacial score (nSPS) is 18.8. The summed E-state index contributed by atoms with van der Waals surface area (Å²) in [5.41, 5.74) is 7.52. The van der Waals surface area contributed by atoms with Crippen LogP contribution in [0.3, 0.4) is 0 Å². The molecule has 1 aromatic rings. The molecule has 2 nitrogen and oxygen atoms in total. The number of ether oxygens (including phenoxy) is 1. The molecule has 0 spiro atoms. The summed E-state index contributed by atoms with van der Waals surface area (Å²) in [6, 6.07) is 8.54. The van der Waals surface area contributed by atoms with E-state index in [1.165, 1.54) is 5.56 Å². The van der Waals surface area contributed by atoms with E-state index in [0.717, 1.165) is 30.5 Å². The molecule has 1 saturated heterocycles. The Morgan fingerprint density at radius 1 is 1.41 bits per heavy atom. The Kier molecular flexibility index (Phi) is 3.62. The number of benzene rings is 1. The molecule has 1 heterocycles. The zero-order valence-electron chi connectivity index (χ0n) is 10.5. The predicted molar refractivity (Wildman–Crippen MR) is 74.1 cm³/mol. The van der Waals surface area contributed by atoms with Crippen LogP contribution in [0.4, 0.5) is 0 Å². The van der Waals surface area contributed by atoms with Crippen LogP contribution >= 0.6 is 15.9 Å². The lowest BCUT2D eigenvalue weighted by molar-refractivity contribution is -0.0669. The zero-order valence-corrected chi connectivity index (χ0v) is 12.1. The van der Waals surface area contributed by atoms with Crippen molar-refractivity contribution in [3.05, 3.63) is 34.3 Å². The fourth-order valence-electron chi connectivity index (χ4n) is 2.18. The molecule has 0 unspecified atom stereocenters. The number of rotatable bonds is 4. The first-order valence-corrected chi connectivity index (χ1v) is 6.83. The highest BCUT2D eigenvalue weighted by atomic mass is 79.9. The summed E-state index contributed by atoms with van der Waals surface area (Å²) in [5.74, 6) is 0. The molecule has 0 amide bonds. The second-order valence-corrected chi connectivity index (χ2v) is 6.69. The second kappa shape index (κ2) is 4.71. The molecule has 0 saturated carbocycles. The van der Waals surface area contributed by atoms with Crippen LogP contribution in [0.15, 0.2) is 28.7 Å². The highest BCUT2D eigenvalue weighted by molar-refractivity contribution is 9.10. The largest absolute Gasteiger partial charge is 0.379 e. The number of halogens is 1. The van der Waals surface area contributed by atoms with Crippen molar-refractivity contribution in [1.29, 1.82) is 0 Å². The van der Waals surface area contributed by atoms with Crippen molar-refractivity contribution in [2.24, 2.45) is 5.73 Å². The van der Waals surface area contributed by atoms with Crippen molar-refractivity contribution in [2.45, 2.75) is 37.6 Å². The highest BCUT2D eigenvalue weighted by Crippen LogP contribution is 2.38. The predicted octanol–water partition coefficient (Wildman–Crippen LogP) is 3.23. The Bertz CT molecular complexity index is 393. The van der Waals surface area contributed by atoms with Gasteiger partial charge < -0.3 is 10.5 Å². The van der Waals surface area contributed by atoms with Gasteiger partial charge in [-0.1, -0.05) is 28.1 Å². The Balaban J connectivity index is 2.14. The molecule has 0 aromatic heterocycles. The van der Waals surface area contributed by atoms with Crippen molar-refractivity contribution >= 4 is 15.9 Å². The fourth-order valence-corrected chi connectivity index (χ4v) is 2.58. The van der Waals surface area contributed by atoms with Crippen LogP contribution in [0, 0.1) is 0 Å². The lowest BCUT2D eigenvalue weighted by Crippen LogP contribution is -2.48. The van der Waals surface area contributed by atoms with Gasteiger partial charge in [0.05, 0.1) is 13.2 Å². The van der Waals surface area contributed by atoms with Gasteiger partial charge in [-0.2, -0.15) is 0 Å². The Morgan fingerprint density at radius 2 is 2.12 bits per heavy atom. The van der Waals surface area contributed by atoms with Gasteiger partial charge >= 0.3 is 0 Å². The molecule has 1 aliphatic rings. The van der Waals surface area contributed by atoms with E-state index < -0.39 is 0 Å². The van der Waals surface area contributed by atoms with Crippen molar-refractivity contribution < 1.29 is 4.74 Å². The molecular weight excluding hydrogens is 278 g/mol. The Labute approximate surface area is 112 Å². The van der Waals surface area contributed by atoms with E-state index in [2.05, 4.69) is 54.0 Å². The van der Waals surface area contributed by atoms with Crippen LogP contribution in [0.2, 0.25) is 0 Å². The Hall–Kier alpha value is -0.380. The van der Waals surface area contributed by atoms with Gasteiger partial charge in [-0.05, 0) is 44.4 Å². The summed E-state index contributed by atoms with van der Waals surface area (Å²) >= 11 is 3.53. The third kappa shape index (κ3) is 3.09. The molecule has 2 rings (SSSR count). The van der Waals surface area contributed by atoms with Crippen LogP contribution in [-0.2, 0) is 10.2 Å². The smallest absolute Gasteiger partial charge is 0.0585 e. The van der Waals surface area contributed by atoms with E-state index in [9.17, 15) is 0 Å². The maximum atomic E-state index is 6.08. The van der Waals surface area contributed by atoms with E-state index >= 15 is 0 Å². The summed E-state index contributed by atoms with van der Waals surface area (Å²) in [4.78, 5) is 0. The monoisotopic (exact) mass is 297 g/mol. The maximum Gasteiger partial charge on any atom is 0.0585 e. The van der Waals surface area contributed by atoms with Gasteiger partial charge in [-0.15, -0.1) is 0 Å². The van der Waals surface area contributed by atoms with E-state index in [1.54, 1.807) is 0 Å². The summed E-state index contributed by atoms with van der Waals surface area (Å²) < 4.78 is 6.57. The van der Waals surface area contributed by atoms with Gasteiger partial charge in [0.25, 0.3) is 0 Å². The minimum atomic E-state index is -0.103. The van der Waals surface area contributed by atoms with Gasteiger partial charge in [0.2, 0.25) is 0 Å². The lowest BCUT2D eigenvalue weighted by Gasteiger charge is -2.43. The molecule has 1 aromatic carbocycles. The molecule has 2 N–H and O–H groups in total. The van der Waals surface area contributed by atoms with Crippen molar-refractivity contribution in [1.82, 2.24) is 0 Å². The van der Waals surface area contributed by atoms with Crippen molar-refractivity contribution in [2.75, 3.05) is 13.2 Å². The van der Waals surface area contributed by atoms with Gasteiger partial charge in [-0.3, -0.25) is 0 Å². The van der Waals surface area contributed by atoms with Gasteiger partial charge in [-0.25, -0.2) is 0 Å². The average Bonchev–Trinajstić information content (AvgIpc) is 2.14. The maximum absolute atomic E-state index is 6.08. The van der Waals surface area contributed by atoms with Crippen LogP contribution in [0.1, 0.15) is 32.3 Å². The summed E-state index contributed by atoms with van der Waals surface area (Å²) in [5, 5.41) is 0. The fraction of sp³-hybridized carbons (Fsp3) is 0.571. The van der Waals surface area contributed by atoms with E-state index in [1.807, 2.05) is 0 Å². The summed E-state index contributed by atoms with van der Waals surface area (Å²) in [7, 11) is 0. The molecule has 94 valence electrons. The van der Waals surface area contributed by atoms with Gasteiger partial charge in [0, 0.05) is 15.4 Å². The van der Waals surface area contributed by atoms with Gasteiger partial charge in [0.15, 0.2) is 0 Å². The second-order valence-electron chi connectivity index (χ2n) is 5.77. The SMILES string of the molecule is CC(C)(N)CCC1(c2cccc(Br)c2)COC1. The molecule has 3 heteroatoms. The first kappa shape index (κ1) is 13.1. The number of hydrogen-bond donors (Lipinski definition) is 1. The van der Waals surface area contributed by atoms with Crippen molar-refractivity contribution in [3.63, 3.8) is 0 Å². The van der Waals surface area contributed by atoms with Crippen LogP contribution < -0.4 is 5.73 Å². The molecular formula is C14H20BrNO. The van der Waals surface area contributed by atoms with Crippen molar-refractivity contribution in [3.8, 4) is 0 Å². The molecule has 0 atom stereocenters. The summed E-state index contributed by atoms with van der Waals surface area (Å²) in [6.07, 6.45) is 2.11. The van der Waals surface area contributed by atoms with Gasteiger partial charge in [0.1, 0.15) is 0 Å². The topological polar surface area (TPSA) is 35.2 Å². The van der Waals surface area contributed by atoms with Crippen LogP contribution in [0.25, 0.3) is 0 Å². The van der Waals surface area contributed by atoms with E-state index in [-0.39, 0.29) is 11.0 Å². The highest BCUT2D eigenvalue weighted by Gasteiger charge is 2.40.